The molecule has 8 heteroatoms. The van der Waals surface area contributed by atoms with Crippen molar-refractivity contribution < 1.29 is 13.2 Å². The van der Waals surface area contributed by atoms with Crippen LogP contribution in [-0.2, 0) is 9.84 Å². The van der Waals surface area contributed by atoms with Crippen LogP contribution in [0.25, 0.3) is 0 Å². The van der Waals surface area contributed by atoms with E-state index in [9.17, 15) is 13.2 Å². The Labute approximate surface area is 112 Å². The second-order valence-electron chi connectivity index (χ2n) is 4.25. The van der Waals surface area contributed by atoms with Gasteiger partial charge in [-0.3, -0.25) is 15.6 Å². The molecular formula is C11H18N4O3S. The summed E-state index contributed by atoms with van der Waals surface area (Å²) in [4.78, 5) is 15.9. The Hall–Kier alpha value is -1.67. The first-order valence-corrected chi connectivity index (χ1v) is 7.78. The fourth-order valence-electron chi connectivity index (χ4n) is 1.49. The molecule has 1 heterocycles. The summed E-state index contributed by atoms with van der Waals surface area (Å²) in [6, 6.07) is 1.66. The second-order valence-corrected chi connectivity index (χ2v) is 6.51. The molecule has 4 N–H and O–H groups in total. The topological polar surface area (TPSA) is 114 Å². The Kier molecular flexibility index (Phi) is 5.25. The fraction of sp³-hybridized carbons (Fsp3) is 0.455. The highest BCUT2D eigenvalue weighted by atomic mass is 32.2. The molecule has 0 unspecified atom stereocenters. The van der Waals surface area contributed by atoms with Gasteiger partial charge in [-0.2, -0.15) is 0 Å². The van der Waals surface area contributed by atoms with E-state index in [2.05, 4.69) is 15.7 Å². The summed E-state index contributed by atoms with van der Waals surface area (Å²) in [7, 11) is -3.00. The van der Waals surface area contributed by atoms with Gasteiger partial charge in [0.1, 0.15) is 9.84 Å². The normalized spacial score (nSPS) is 11.1. The number of aromatic nitrogens is 1. The first kappa shape index (κ1) is 15.4. The average molecular weight is 286 g/mol. The Balaban J connectivity index is 2.59. The van der Waals surface area contributed by atoms with Crippen LogP contribution in [0.5, 0.6) is 0 Å². The number of aryl methyl sites for hydroxylation is 1. The number of amides is 1. The number of rotatable bonds is 6. The Morgan fingerprint density at radius 3 is 2.74 bits per heavy atom. The minimum absolute atomic E-state index is 0.0431. The molecule has 7 nitrogen and oxygen atoms in total. The van der Waals surface area contributed by atoms with Crippen molar-refractivity contribution in [2.45, 2.75) is 13.3 Å². The molecule has 0 aliphatic rings. The molecule has 1 rings (SSSR count). The molecule has 106 valence electrons. The summed E-state index contributed by atoms with van der Waals surface area (Å²) in [5.41, 5.74) is 3.98. The number of carbonyl (C=O) groups is 1. The quantitative estimate of drug-likeness (QED) is 0.380. The van der Waals surface area contributed by atoms with Crippen LogP contribution in [0.1, 0.15) is 22.5 Å². The first-order chi connectivity index (χ1) is 8.83. The predicted octanol–water partition coefficient (Wildman–Crippen LogP) is -0.160. The van der Waals surface area contributed by atoms with Gasteiger partial charge in [-0.25, -0.2) is 8.42 Å². The van der Waals surface area contributed by atoms with Crippen LogP contribution in [0.2, 0.25) is 0 Å². The smallest absolute Gasteiger partial charge is 0.255 e. The summed E-state index contributed by atoms with van der Waals surface area (Å²) in [6.45, 7) is 2.07. The zero-order valence-electron chi connectivity index (χ0n) is 10.9. The number of carbonyl (C=O) groups excluding carboxylic acids is 1. The van der Waals surface area contributed by atoms with E-state index in [0.717, 1.165) is 11.9 Å². The molecule has 0 atom stereocenters. The predicted molar refractivity (Wildman–Crippen MR) is 73.4 cm³/mol. The summed E-state index contributed by atoms with van der Waals surface area (Å²) in [5, 5.41) is 2.63. The number of nitrogen functional groups attached to an aromatic ring is 1. The molecule has 0 aromatic carbocycles. The van der Waals surface area contributed by atoms with Crippen molar-refractivity contribution in [1.82, 2.24) is 10.3 Å². The van der Waals surface area contributed by atoms with Crippen molar-refractivity contribution in [1.29, 1.82) is 0 Å². The highest BCUT2D eigenvalue weighted by molar-refractivity contribution is 7.90. The van der Waals surface area contributed by atoms with Crippen molar-refractivity contribution in [3.8, 4) is 0 Å². The van der Waals surface area contributed by atoms with E-state index in [4.69, 9.17) is 5.84 Å². The highest BCUT2D eigenvalue weighted by Crippen LogP contribution is 2.13. The van der Waals surface area contributed by atoms with Gasteiger partial charge in [-0.05, 0) is 19.4 Å². The van der Waals surface area contributed by atoms with Gasteiger partial charge < -0.3 is 10.7 Å². The fourth-order valence-corrected chi connectivity index (χ4v) is 2.16. The molecule has 0 aliphatic heterocycles. The van der Waals surface area contributed by atoms with E-state index >= 15 is 0 Å². The Morgan fingerprint density at radius 1 is 1.47 bits per heavy atom. The number of nitrogens with one attached hydrogen (secondary N) is 2. The van der Waals surface area contributed by atoms with Crippen molar-refractivity contribution in [3.63, 3.8) is 0 Å². The van der Waals surface area contributed by atoms with E-state index in [-0.39, 0.29) is 18.2 Å². The number of nitrogens with zero attached hydrogens (tertiary/aromatic N) is 1. The first-order valence-electron chi connectivity index (χ1n) is 5.72. The van der Waals surface area contributed by atoms with Gasteiger partial charge >= 0.3 is 0 Å². The van der Waals surface area contributed by atoms with Gasteiger partial charge in [-0.1, -0.05) is 0 Å². The van der Waals surface area contributed by atoms with Gasteiger partial charge in [0.2, 0.25) is 0 Å². The van der Waals surface area contributed by atoms with Gasteiger partial charge in [0.05, 0.1) is 17.0 Å². The number of hydrazine groups is 1. The minimum Gasteiger partial charge on any atom is -0.352 e. The molecule has 19 heavy (non-hydrogen) atoms. The summed E-state index contributed by atoms with van der Waals surface area (Å²) in [5.74, 6) is 5.04. The number of hydrogen-bond donors (Lipinski definition) is 3. The standard InChI is InChI=1S/C11H18N4O3S/c1-8-6-10(15-12)9(7-14-8)11(16)13-4-3-5-19(2,17)18/h6-7H,3-5,12H2,1-2H3,(H,13,16)(H,14,15). The van der Waals surface area contributed by atoms with Gasteiger partial charge in [0.25, 0.3) is 5.91 Å². The maximum absolute atomic E-state index is 11.9. The van der Waals surface area contributed by atoms with Crippen LogP contribution in [0, 0.1) is 6.92 Å². The lowest BCUT2D eigenvalue weighted by molar-refractivity contribution is 0.0954. The van der Waals surface area contributed by atoms with E-state index in [1.165, 1.54) is 6.20 Å². The lowest BCUT2D eigenvalue weighted by Gasteiger charge is -2.09. The number of sulfone groups is 1. The van der Waals surface area contributed by atoms with E-state index in [1.807, 2.05) is 0 Å². The maximum Gasteiger partial charge on any atom is 0.255 e. The molecular weight excluding hydrogens is 268 g/mol. The van der Waals surface area contributed by atoms with Gasteiger partial charge in [0.15, 0.2) is 0 Å². The van der Waals surface area contributed by atoms with E-state index < -0.39 is 9.84 Å². The molecule has 1 aromatic heterocycles. The zero-order chi connectivity index (χ0) is 14.5. The molecule has 0 radical (unpaired) electrons. The van der Waals surface area contributed by atoms with Crippen LogP contribution in [-0.4, -0.2) is 37.9 Å². The summed E-state index contributed by atoms with van der Waals surface area (Å²) < 4.78 is 21.9. The third-order valence-corrected chi connectivity index (χ3v) is 3.45. The molecule has 0 aliphatic carbocycles. The van der Waals surface area contributed by atoms with Crippen molar-refractivity contribution in [2.24, 2.45) is 5.84 Å². The lowest BCUT2D eigenvalue weighted by atomic mass is 10.2. The largest absolute Gasteiger partial charge is 0.352 e. The van der Waals surface area contributed by atoms with Crippen molar-refractivity contribution in [3.05, 3.63) is 23.5 Å². The monoisotopic (exact) mass is 286 g/mol. The van der Waals surface area contributed by atoms with Crippen LogP contribution >= 0.6 is 0 Å². The van der Waals surface area contributed by atoms with E-state index in [1.54, 1.807) is 13.0 Å². The van der Waals surface area contributed by atoms with Gasteiger partial charge in [-0.15, -0.1) is 0 Å². The van der Waals surface area contributed by atoms with Crippen LogP contribution in [0.15, 0.2) is 12.3 Å². The summed E-state index contributed by atoms with van der Waals surface area (Å²) >= 11 is 0. The van der Waals surface area contributed by atoms with Crippen molar-refractivity contribution >= 4 is 21.4 Å². The Morgan fingerprint density at radius 2 is 2.16 bits per heavy atom. The maximum atomic E-state index is 11.9. The third kappa shape index (κ3) is 5.23. The van der Waals surface area contributed by atoms with Crippen LogP contribution in [0.3, 0.4) is 0 Å². The third-order valence-electron chi connectivity index (χ3n) is 2.42. The number of nitrogens with two attached hydrogens (primary N) is 1. The average Bonchev–Trinajstić information content (AvgIpc) is 2.33. The molecule has 1 amide bonds. The molecule has 1 aromatic rings. The van der Waals surface area contributed by atoms with Crippen LogP contribution < -0.4 is 16.6 Å². The molecule has 0 fully saturated rings. The summed E-state index contributed by atoms with van der Waals surface area (Å²) in [6.07, 6.45) is 2.96. The molecule has 0 saturated carbocycles. The van der Waals surface area contributed by atoms with Crippen LogP contribution in [0.4, 0.5) is 5.69 Å². The number of pyridine rings is 1. The lowest BCUT2D eigenvalue weighted by Crippen LogP contribution is -2.27. The van der Waals surface area contributed by atoms with E-state index in [0.29, 0.717) is 17.7 Å². The Bertz CT molecular complexity index is 557. The number of hydrogen-bond acceptors (Lipinski definition) is 6. The molecule has 0 saturated heterocycles. The molecule has 0 bridgehead atoms. The second kappa shape index (κ2) is 6.48. The van der Waals surface area contributed by atoms with Crippen molar-refractivity contribution in [2.75, 3.05) is 24.0 Å². The minimum atomic E-state index is -3.00. The number of anilines is 1. The SMILES string of the molecule is Cc1cc(NN)c(C(=O)NCCCS(C)(=O)=O)cn1. The highest BCUT2D eigenvalue weighted by Gasteiger charge is 2.11. The molecule has 0 spiro atoms. The zero-order valence-corrected chi connectivity index (χ0v) is 11.8. The van der Waals surface area contributed by atoms with Gasteiger partial charge in [0, 0.05) is 24.7 Å².